The van der Waals surface area contributed by atoms with Crippen LogP contribution in [0.3, 0.4) is 0 Å². The molecule has 0 bridgehead atoms. The molecule has 1 atom stereocenters. The normalized spacial score (nSPS) is 11.9. The van der Waals surface area contributed by atoms with Gasteiger partial charge in [-0.25, -0.2) is 0 Å². The van der Waals surface area contributed by atoms with E-state index in [9.17, 15) is 9.59 Å². The quantitative estimate of drug-likeness (QED) is 0.805. The molecule has 1 aromatic carbocycles. The van der Waals surface area contributed by atoms with Crippen molar-refractivity contribution in [2.24, 2.45) is 0 Å². The van der Waals surface area contributed by atoms with Crippen LogP contribution in [0.1, 0.15) is 42.9 Å². The number of carboxylic acids is 1. The summed E-state index contributed by atoms with van der Waals surface area (Å²) in [6, 6.07) is 5.73. The molecule has 0 fully saturated rings. The van der Waals surface area contributed by atoms with E-state index >= 15 is 0 Å². The minimum Gasteiger partial charge on any atom is -0.481 e. The topological polar surface area (TPSA) is 66.4 Å². The lowest BCUT2D eigenvalue weighted by Gasteiger charge is -2.16. The molecule has 0 aliphatic rings. The molecule has 0 saturated carbocycles. The van der Waals surface area contributed by atoms with Gasteiger partial charge >= 0.3 is 5.97 Å². The number of carboxylic acid groups (broad SMARTS) is 1. The van der Waals surface area contributed by atoms with E-state index in [0.717, 1.165) is 23.1 Å². The van der Waals surface area contributed by atoms with Crippen molar-refractivity contribution in [1.82, 2.24) is 5.32 Å². The fourth-order valence-electron chi connectivity index (χ4n) is 2.23. The summed E-state index contributed by atoms with van der Waals surface area (Å²) in [4.78, 5) is 22.8. The molecule has 0 aliphatic heterocycles. The van der Waals surface area contributed by atoms with Crippen molar-refractivity contribution in [3.63, 3.8) is 0 Å². The van der Waals surface area contributed by atoms with Gasteiger partial charge in [-0.3, -0.25) is 9.59 Å². The lowest BCUT2D eigenvalue weighted by Crippen LogP contribution is -2.37. The maximum absolute atomic E-state index is 12.0. The molecule has 1 amide bonds. The second-order valence-corrected chi connectivity index (χ2v) is 5.26. The van der Waals surface area contributed by atoms with Gasteiger partial charge in [-0.2, -0.15) is 0 Å². The van der Waals surface area contributed by atoms with Crippen LogP contribution >= 0.6 is 0 Å². The number of carbonyl (C=O) groups is 2. The van der Waals surface area contributed by atoms with Gasteiger partial charge in [-0.1, -0.05) is 37.1 Å². The largest absolute Gasteiger partial charge is 0.481 e. The van der Waals surface area contributed by atoms with Crippen LogP contribution in [0.25, 0.3) is 0 Å². The second kappa shape index (κ2) is 7.68. The Morgan fingerprint density at radius 3 is 2.60 bits per heavy atom. The number of rotatable bonds is 7. The molecule has 0 heterocycles. The van der Waals surface area contributed by atoms with E-state index in [4.69, 9.17) is 5.11 Å². The molecule has 1 rings (SSSR count). The summed E-state index contributed by atoms with van der Waals surface area (Å²) in [5.41, 5.74) is 3.19. The molecular formula is C16H23NO3. The number of carbonyl (C=O) groups excluding carboxylic acids is 1. The minimum atomic E-state index is -0.879. The zero-order valence-corrected chi connectivity index (χ0v) is 12.4. The predicted molar refractivity (Wildman–Crippen MR) is 78.7 cm³/mol. The molecule has 0 radical (unpaired) electrons. The smallest absolute Gasteiger partial charge is 0.305 e. The van der Waals surface area contributed by atoms with Gasteiger partial charge in [0.2, 0.25) is 5.91 Å². The number of hydrogen-bond donors (Lipinski definition) is 2. The summed E-state index contributed by atoms with van der Waals surface area (Å²) in [6.45, 7) is 5.94. The van der Waals surface area contributed by atoms with Crippen LogP contribution in [0.4, 0.5) is 0 Å². The first-order valence-corrected chi connectivity index (χ1v) is 6.99. The standard InChI is InChI=1S/C16H23NO3/c1-4-5-14(10-16(19)20)17-15(18)9-13-8-11(2)6-7-12(13)3/h6-8,14H,4-5,9-10H2,1-3H3,(H,17,18)(H,19,20). The predicted octanol–water partition coefficient (Wildman–Crippen LogP) is 2.61. The fraction of sp³-hybridized carbons (Fsp3) is 0.500. The Balaban J connectivity index is 2.65. The van der Waals surface area contributed by atoms with Gasteiger partial charge < -0.3 is 10.4 Å². The van der Waals surface area contributed by atoms with Crippen molar-refractivity contribution in [1.29, 1.82) is 0 Å². The maximum atomic E-state index is 12.0. The van der Waals surface area contributed by atoms with Crippen LogP contribution in [0.2, 0.25) is 0 Å². The Hall–Kier alpha value is -1.84. The van der Waals surface area contributed by atoms with Gasteiger partial charge in [0.1, 0.15) is 0 Å². The molecule has 20 heavy (non-hydrogen) atoms. The number of aliphatic carboxylic acids is 1. The first kappa shape index (κ1) is 16.2. The highest BCUT2D eigenvalue weighted by atomic mass is 16.4. The summed E-state index contributed by atoms with van der Waals surface area (Å²) in [6.07, 6.45) is 1.81. The SMILES string of the molecule is CCCC(CC(=O)O)NC(=O)Cc1cc(C)ccc1C. The zero-order valence-electron chi connectivity index (χ0n) is 12.4. The minimum absolute atomic E-state index is 0.0214. The van der Waals surface area contributed by atoms with E-state index < -0.39 is 5.97 Å². The highest BCUT2D eigenvalue weighted by Gasteiger charge is 2.15. The van der Waals surface area contributed by atoms with E-state index in [2.05, 4.69) is 5.32 Å². The first-order chi connectivity index (χ1) is 9.42. The molecule has 1 aromatic rings. The van der Waals surface area contributed by atoms with Crippen molar-refractivity contribution < 1.29 is 14.7 Å². The van der Waals surface area contributed by atoms with E-state index in [0.29, 0.717) is 12.8 Å². The van der Waals surface area contributed by atoms with Crippen LogP contribution in [0.5, 0.6) is 0 Å². The average molecular weight is 277 g/mol. The highest BCUT2D eigenvalue weighted by molar-refractivity contribution is 5.80. The molecule has 0 aromatic heterocycles. The Bertz CT molecular complexity index is 483. The Morgan fingerprint density at radius 2 is 2.00 bits per heavy atom. The molecule has 0 spiro atoms. The van der Waals surface area contributed by atoms with Gasteiger partial charge in [0, 0.05) is 6.04 Å². The molecule has 110 valence electrons. The summed E-state index contributed by atoms with van der Waals surface area (Å²) >= 11 is 0. The van der Waals surface area contributed by atoms with Crippen LogP contribution in [-0.2, 0) is 16.0 Å². The third-order valence-electron chi connectivity index (χ3n) is 3.28. The Morgan fingerprint density at radius 1 is 1.30 bits per heavy atom. The number of benzene rings is 1. The second-order valence-electron chi connectivity index (χ2n) is 5.26. The number of hydrogen-bond acceptors (Lipinski definition) is 2. The maximum Gasteiger partial charge on any atom is 0.305 e. The summed E-state index contributed by atoms with van der Waals surface area (Å²) in [7, 11) is 0. The number of amides is 1. The van der Waals surface area contributed by atoms with Gasteiger partial charge in [0.15, 0.2) is 0 Å². The van der Waals surface area contributed by atoms with Crippen molar-refractivity contribution in [3.05, 3.63) is 34.9 Å². The van der Waals surface area contributed by atoms with Crippen molar-refractivity contribution in [2.75, 3.05) is 0 Å². The lowest BCUT2D eigenvalue weighted by atomic mass is 10.0. The molecule has 0 saturated heterocycles. The third kappa shape index (κ3) is 5.43. The van der Waals surface area contributed by atoms with Crippen LogP contribution in [0.15, 0.2) is 18.2 Å². The van der Waals surface area contributed by atoms with Gasteiger partial charge in [0.25, 0.3) is 0 Å². The molecule has 0 aliphatic carbocycles. The van der Waals surface area contributed by atoms with Crippen molar-refractivity contribution in [2.45, 2.75) is 52.5 Å². The average Bonchev–Trinajstić information content (AvgIpc) is 2.33. The van der Waals surface area contributed by atoms with Gasteiger partial charge in [-0.05, 0) is 31.4 Å². The highest BCUT2D eigenvalue weighted by Crippen LogP contribution is 2.12. The first-order valence-electron chi connectivity index (χ1n) is 6.99. The molecular weight excluding hydrogens is 254 g/mol. The molecule has 4 nitrogen and oxygen atoms in total. The molecule has 2 N–H and O–H groups in total. The van der Waals surface area contributed by atoms with E-state index in [1.807, 2.05) is 39.0 Å². The third-order valence-corrected chi connectivity index (χ3v) is 3.28. The molecule has 1 unspecified atom stereocenters. The zero-order chi connectivity index (χ0) is 15.1. The number of aryl methyl sites for hydroxylation is 2. The van der Waals surface area contributed by atoms with Crippen molar-refractivity contribution >= 4 is 11.9 Å². The molecule has 4 heteroatoms. The van der Waals surface area contributed by atoms with Gasteiger partial charge in [0.05, 0.1) is 12.8 Å². The lowest BCUT2D eigenvalue weighted by molar-refractivity contribution is -0.137. The fourth-order valence-corrected chi connectivity index (χ4v) is 2.23. The van der Waals surface area contributed by atoms with Gasteiger partial charge in [-0.15, -0.1) is 0 Å². The number of nitrogens with one attached hydrogen (secondary N) is 1. The Kier molecular flexibility index (Phi) is 6.22. The van der Waals surface area contributed by atoms with E-state index in [1.54, 1.807) is 0 Å². The van der Waals surface area contributed by atoms with Crippen LogP contribution < -0.4 is 5.32 Å². The van der Waals surface area contributed by atoms with E-state index in [-0.39, 0.29) is 18.4 Å². The summed E-state index contributed by atoms with van der Waals surface area (Å²) in [5.74, 6) is -0.992. The van der Waals surface area contributed by atoms with E-state index in [1.165, 1.54) is 0 Å². The van der Waals surface area contributed by atoms with Crippen LogP contribution in [-0.4, -0.2) is 23.0 Å². The van der Waals surface area contributed by atoms with Crippen molar-refractivity contribution in [3.8, 4) is 0 Å². The summed E-state index contributed by atoms with van der Waals surface area (Å²) in [5, 5.41) is 11.7. The Labute approximate surface area is 120 Å². The summed E-state index contributed by atoms with van der Waals surface area (Å²) < 4.78 is 0. The van der Waals surface area contributed by atoms with Crippen LogP contribution in [0, 0.1) is 13.8 Å². The monoisotopic (exact) mass is 277 g/mol.